The molecule has 0 radical (unpaired) electrons. The van der Waals surface area contributed by atoms with Gasteiger partial charge in [-0.1, -0.05) is 29.8 Å². The minimum Gasteiger partial charge on any atom is -0.502 e. The number of hydrogen-bond acceptors (Lipinski definition) is 5. The molecule has 3 aromatic rings. The lowest BCUT2D eigenvalue weighted by molar-refractivity contribution is -0.130. The van der Waals surface area contributed by atoms with Crippen LogP contribution >= 0.6 is 22.9 Å². The first-order valence-corrected chi connectivity index (χ1v) is 11.6. The Labute approximate surface area is 181 Å². The Hall–Kier alpha value is -2.68. The number of rotatable bonds is 5. The van der Waals surface area contributed by atoms with Crippen LogP contribution in [0.5, 0.6) is 0 Å². The van der Waals surface area contributed by atoms with E-state index >= 15 is 0 Å². The maximum atomic E-state index is 13.5. The second kappa shape index (κ2) is 7.86. The van der Waals surface area contributed by atoms with E-state index in [1.807, 2.05) is 17.5 Å². The standard InChI is InChI=1S/C21H15ClFNO4S2/c22-14-5-9-17(10-6-14)30(27,28)20-18(13-3-7-15(23)8-4-13)24(21(26)19(20)25)12-16-2-1-11-29-16/h1-11,18,25H,12H2. The van der Waals surface area contributed by atoms with E-state index in [0.717, 1.165) is 4.88 Å². The van der Waals surface area contributed by atoms with Crippen LogP contribution in [0.1, 0.15) is 16.5 Å². The van der Waals surface area contributed by atoms with Crippen LogP contribution in [-0.2, 0) is 21.2 Å². The van der Waals surface area contributed by atoms with Crippen LogP contribution < -0.4 is 0 Å². The topological polar surface area (TPSA) is 74.7 Å². The number of nitrogens with zero attached hydrogens (tertiary/aromatic N) is 1. The average Bonchev–Trinajstić information content (AvgIpc) is 3.31. The molecule has 9 heteroatoms. The van der Waals surface area contributed by atoms with Gasteiger partial charge in [-0.15, -0.1) is 11.3 Å². The molecule has 1 amide bonds. The number of aliphatic hydroxyl groups is 1. The molecule has 0 spiro atoms. The summed E-state index contributed by atoms with van der Waals surface area (Å²) < 4.78 is 40.3. The molecule has 1 N–H and O–H groups in total. The maximum Gasteiger partial charge on any atom is 0.290 e. The van der Waals surface area contributed by atoms with Crippen molar-refractivity contribution in [3.8, 4) is 0 Å². The Kier molecular flexibility index (Phi) is 5.40. The first kappa shape index (κ1) is 20.6. The van der Waals surface area contributed by atoms with Crippen LogP contribution in [0.15, 0.2) is 81.6 Å². The molecule has 2 heterocycles. The summed E-state index contributed by atoms with van der Waals surface area (Å²) in [5.74, 6) is -2.13. The summed E-state index contributed by atoms with van der Waals surface area (Å²) >= 11 is 7.26. The van der Waals surface area contributed by atoms with Gasteiger partial charge < -0.3 is 10.0 Å². The molecule has 1 aromatic heterocycles. The number of carbonyl (C=O) groups excluding carboxylic acids is 1. The van der Waals surface area contributed by atoms with E-state index in [2.05, 4.69) is 0 Å². The number of aliphatic hydroxyl groups excluding tert-OH is 1. The van der Waals surface area contributed by atoms with Crippen molar-refractivity contribution in [2.45, 2.75) is 17.5 Å². The zero-order chi connectivity index (χ0) is 21.5. The Morgan fingerprint density at radius 1 is 1.07 bits per heavy atom. The van der Waals surface area contributed by atoms with Crippen LogP contribution in [0.25, 0.3) is 0 Å². The molecular formula is C21H15ClFNO4S2. The summed E-state index contributed by atoms with van der Waals surface area (Å²) in [6.07, 6.45) is 0. The van der Waals surface area contributed by atoms with Crippen molar-refractivity contribution in [1.29, 1.82) is 0 Å². The number of sulfone groups is 1. The highest BCUT2D eigenvalue weighted by molar-refractivity contribution is 7.95. The summed E-state index contributed by atoms with van der Waals surface area (Å²) in [5, 5.41) is 12.8. The van der Waals surface area contributed by atoms with Crippen LogP contribution in [0.3, 0.4) is 0 Å². The number of thiophene rings is 1. The highest BCUT2D eigenvalue weighted by Gasteiger charge is 2.46. The lowest BCUT2D eigenvalue weighted by Gasteiger charge is -2.26. The maximum absolute atomic E-state index is 13.5. The van der Waals surface area contributed by atoms with E-state index in [-0.39, 0.29) is 11.4 Å². The van der Waals surface area contributed by atoms with Gasteiger partial charge in [-0.05, 0) is 53.4 Å². The smallest absolute Gasteiger partial charge is 0.290 e. The summed E-state index contributed by atoms with van der Waals surface area (Å²) in [6, 6.07) is 13.2. The van der Waals surface area contributed by atoms with Gasteiger partial charge in [0.25, 0.3) is 5.91 Å². The predicted molar refractivity (Wildman–Crippen MR) is 112 cm³/mol. The molecule has 5 nitrogen and oxygen atoms in total. The van der Waals surface area contributed by atoms with E-state index in [9.17, 15) is 22.7 Å². The lowest BCUT2D eigenvalue weighted by Crippen LogP contribution is -2.30. The molecule has 30 heavy (non-hydrogen) atoms. The second-order valence-corrected chi connectivity index (χ2v) is 10.0. The summed E-state index contributed by atoms with van der Waals surface area (Å²) in [4.78, 5) is 14.4. The van der Waals surface area contributed by atoms with Gasteiger partial charge in [-0.25, -0.2) is 12.8 Å². The molecule has 0 aliphatic carbocycles. The van der Waals surface area contributed by atoms with Crippen molar-refractivity contribution in [3.05, 3.63) is 98.0 Å². The monoisotopic (exact) mass is 463 g/mol. The van der Waals surface area contributed by atoms with Crippen LogP contribution in [0.2, 0.25) is 5.02 Å². The molecule has 1 aliphatic rings. The van der Waals surface area contributed by atoms with Crippen molar-refractivity contribution in [1.82, 2.24) is 4.90 Å². The Morgan fingerprint density at radius 2 is 1.73 bits per heavy atom. The Bertz CT molecular complexity index is 1220. The van der Waals surface area contributed by atoms with Gasteiger partial charge in [0, 0.05) is 9.90 Å². The van der Waals surface area contributed by atoms with Gasteiger partial charge in [0.15, 0.2) is 5.76 Å². The quantitative estimate of drug-likeness (QED) is 0.586. The van der Waals surface area contributed by atoms with Crippen molar-refractivity contribution in [2.75, 3.05) is 0 Å². The zero-order valence-corrected chi connectivity index (χ0v) is 17.7. The number of hydrogen-bond donors (Lipinski definition) is 1. The Balaban J connectivity index is 1.86. The predicted octanol–water partition coefficient (Wildman–Crippen LogP) is 4.87. The summed E-state index contributed by atoms with van der Waals surface area (Å²) in [6.45, 7) is 0.0994. The lowest BCUT2D eigenvalue weighted by atomic mass is 10.1. The summed E-state index contributed by atoms with van der Waals surface area (Å²) in [7, 11) is -4.24. The van der Waals surface area contributed by atoms with E-state index in [1.165, 1.54) is 64.8 Å². The van der Waals surface area contributed by atoms with E-state index in [4.69, 9.17) is 11.6 Å². The van der Waals surface area contributed by atoms with Gasteiger partial charge >= 0.3 is 0 Å². The van der Waals surface area contributed by atoms with E-state index in [0.29, 0.717) is 10.6 Å². The third kappa shape index (κ3) is 3.62. The third-order valence-electron chi connectivity index (χ3n) is 4.76. The van der Waals surface area contributed by atoms with Gasteiger partial charge in [-0.3, -0.25) is 4.79 Å². The zero-order valence-electron chi connectivity index (χ0n) is 15.3. The third-order valence-corrected chi connectivity index (χ3v) is 7.76. The fourth-order valence-electron chi connectivity index (χ4n) is 3.35. The van der Waals surface area contributed by atoms with Gasteiger partial charge in [0.05, 0.1) is 17.5 Å². The highest BCUT2D eigenvalue weighted by Crippen LogP contribution is 2.43. The number of carbonyl (C=O) groups is 1. The average molecular weight is 464 g/mol. The molecule has 1 unspecified atom stereocenters. The van der Waals surface area contributed by atoms with E-state index < -0.39 is 38.3 Å². The molecule has 0 saturated heterocycles. The van der Waals surface area contributed by atoms with Crippen molar-refractivity contribution >= 4 is 38.7 Å². The minimum atomic E-state index is -4.24. The fraction of sp³-hybridized carbons (Fsp3) is 0.0952. The molecule has 4 rings (SSSR count). The summed E-state index contributed by atoms with van der Waals surface area (Å²) in [5.41, 5.74) is 0.373. The van der Waals surface area contributed by atoms with Gasteiger partial charge in [0.1, 0.15) is 10.7 Å². The minimum absolute atomic E-state index is 0.0994. The molecule has 0 bridgehead atoms. The van der Waals surface area contributed by atoms with Crippen LogP contribution in [-0.4, -0.2) is 24.3 Å². The van der Waals surface area contributed by atoms with E-state index in [1.54, 1.807) is 0 Å². The highest BCUT2D eigenvalue weighted by atomic mass is 35.5. The molecule has 1 aliphatic heterocycles. The number of benzene rings is 2. The molecule has 2 aromatic carbocycles. The Morgan fingerprint density at radius 3 is 2.33 bits per heavy atom. The molecule has 154 valence electrons. The number of halogens is 2. The molecule has 0 fully saturated rings. The first-order valence-electron chi connectivity index (χ1n) is 8.81. The van der Waals surface area contributed by atoms with Crippen molar-refractivity contribution in [2.24, 2.45) is 0 Å². The normalized spacial score (nSPS) is 17.1. The fourth-order valence-corrected chi connectivity index (χ4v) is 5.83. The second-order valence-electron chi connectivity index (χ2n) is 6.64. The van der Waals surface area contributed by atoms with Crippen molar-refractivity contribution < 1.29 is 22.7 Å². The van der Waals surface area contributed by atoms with Gasteiger partial charge in [-0.2, -0.15) is 0 Å². The van der Waals surface area contributed by atoms with Crippen LogP contribution in [0.4, 0.5) is 4.39 Å². The SMILES string of the molecule is O=C1C(O)=C(S(=O)(=O)c2ccc(Cl)cc2)C(c2ccc(F)cc2)N1Cc1cccs1. The van der Waals surface area contributed by atoms with Crippen LogP contribution in [0, 0.1) is 5.82 Å². The van der Waals surface area contributed by atoms with Gasteiger partial charge in [0.2, 0.25) is 9.84 Å². The molecule has 1 atom stereocenters. The first-order chi connectivity index (χ1) is 14.3. The molecule has 0 saturated carbocycles. The van der Waals surface area contributed by atoms with Crippen molar-refractivity contribution in [3.63, 3.8) is 0 Å². The largest absolute Gasteiger partial charge is 0.502 e. The molecular weight excluding hydrogens is 449 g/mol. The number of amides is 1.